The van der Waals surface area contributed by atoms with E-state index in [0.29, 0.717) is 19.4 Å². The second-order valence-electron chi connectivity index (χ2n) is 7.95. The molecule has 33 heavy (non-hydrogen) atoms. The molecular formula is C25H16Br2N2O2S2. The van der Waals surface area contributed by atoms with Gasteiger partial charge in [-0.05, 0) is 69.6 Å². The lowest BCUT2D eigenvalue weighted by molar-refractivity contribution is 0.470. The highest BCUT2D eigenvalue weighted by molar-refractivity contribution is 9.11. The Kier molecular flexibility index (Phi) is 5.29. The Morgan fingerprint density at radius 1 is 1.12 bits per heavy atom. The summed E-state index contributed by atoms with van der Waals surface area (Å²) in [6, 6.07) is 16.0. The van der Waals surface area contributed by atoms with Crippen molar-refractivity contribution >= 4 is 66.3 Å². The first kappa shape index (κ1) is 21.3. The fourth-order valence-electron chi connectivity index (χ4n) is 4.56. The molecule has 0 saturated carbocycles. The Morgan fingerprint density at radius 2 is 1.97 bits per heavy atom. The summed E-state index contributed by atoms with van der Waals surface area (Å²) in [6.45, 7) is 0. The number of phenols is 1. The quantitative estimate of drug-likeness (QED) is 0.326. The minimum Gasteiger partial charge on any atom is -0.506 e. The Hall–Kier alpha value is -2.26. The molecule has 2 aliphatic rings. The van der Waals surface area contributed by atoms with Crippen molar-refractivity contribution < 1.29 is 5.11 Å². The minimum atomic E-state index is -0.158. The standard InChI is InChI=1S/C25H16Br2N2O2S2/c26-15-10-14(23(30)18(27)12-15)11-20-24(31)29-22(19-6-3-9-32-19)17-8-7-13-4-1-2-5-16(13)21(17)28-25(29)33-20/h1-6,9-12,22,30H,7-8H2. The summed E-state index contributed by atoms with van der Waals surface area (Å²) in [6.07, 6.45) is 3.56. The third-order valence-electron chi connectivity index (χ3n) is 6.03. The number of phenolic OH excluding ortho intramolecular Hbond substituents is 1. The van der Waals surface area contributed by atoms with E-state index in [-0.39, 0.29) is 17.4 Å². The summed E-state index contributed by atoms with van der Waals surface area (Å²) < 4.78 is 3.76. The number of halogens is 2. The smallest absolute Gasteiger partial charge is 0.271 e. The summed E-state index contributed by atoms with van der Waals surface area (Å²) in [5.74, 6) is 0.104. The van der Waals surface area contributed by atoms with Crippen molar-refractivity contribution in [3.05, 3.63) is 110 Å². The molecule has 1 N–H and O–H groups in total. The molecule has 8 heteroatoms. The van der Waals surface area contributed by atoms with E-state index in [2.05, 4.69) is 61.5 Å². The predicted octanol–water partition coefficient (Wildman–Crippen LogP) is 5.61. The van der Waals surface area contributed by atoms with Crippen molar-refractivity contribution in [2.24, 2.45) is 4.99 Å². The molecule has 4 aromatic rings. The molecule has 6 rings (SSSR count). The molecule has 164 valence electrons. The number of aryl methyl sites for hydroxylation is 1. The van der Waals surface area contributed by atoms with Crippen molar-refractivity contribution in [2.75, 3.05) is 0 Å². The summed E-state index contributed by atoms with van der Waals surface area (Å²) >= 11 is 9.87. The van der Waals surface area contributed by atoms with Crippen molar-refractivity contribution in [1.29, 1.82) is 0 Å². The van der Waals surface area contributed by atoms with E-state index in [9.17, 15) is 9.90 Å². The van der Waals surface area contributed by atoms with E-state index in [1.54, 1.807) is 29.5 Å². The zero-order valence-electron chi connectivity index (χ0n) is 17.1. The highest BCUT2D eigenvalue weighted by Gasteiger charge is 2.33. The number of benzene rings is 2. The number of allylic oxidation sites excluding steroid dienone is 1. The normalized spacial score (nSPS) is 17.4. The van der Waals surface area contributed by atoms with Crippen LogP contribution in [0.15, 0.2) is 78.2 Å². The highest BCUT2D eigenvalue weighted by atomic mass is 79.9. The van der Waals surface area contributed by atoms with Gasteiger partial charge in [0.15, 0.2) is 4.80 Å². The van der Waals surface area contributed by atoms with E-state index in [0.717, 1.165) is 33.5 Å². The summed E-state index contributed by atoms with van der Waals surface area (Å²) in [7, 11) is 0. The molecule has 0 radical (unpaired) electrons. The van der Waals surface area contributed by atoms with Crippen LogP contribution in [0.25, 0.3) is 11.8 Å². The summed E-state index contributed by atoms with van der Waals surface area (Å²) in [5, 5.41) is 12.6. The van der Waals surface area contributed by atoms with Gasteiger partial charge in [0.2, 0.25) is 0 Å². The molecule has 0 spiro atoms. The van der Waals surface area contributed by atoms with Crippen molar-refractivity contribution in [3.8, 4) is 5.75 Å². The lowest BCUT2D eigenvalue weighted by Crippen LogP contribution is -2.38. The van der Waals surface area contributed by atoms with Crippen LogP contribution in [0.2, 0.25) is 0 Å². The Bertz CT molecular complexity index is 1630. The van der Waals surface area contributed by atoms with Gasteiger partial charge in [-0.15, -0.1) is 11.3 Å². The van der Waals surface area contributed by atoms with Gasteiger partial charge in [-0.3, -0.25) is 9.36 Å². The number of thiazole rings is 1. The first-order valence-corrected chi connectivity index (χ1v) is 13.6. The molecule has 4 nitrogen and oxygen atoms in total. The molecule has 1 aliphatic carbocycles. The van der Waals surface area contributed by atoms with Crippen LogP contribution in [-0.4, -0.2) is 9.67 Å². The Morgan fingerprint density at radius 3 is 2.79 bits per heavy atom. The SMILES string of the molecule is O=c1c(=Cc2cc(Br)cc(Br)c2O)sc2n1C(c1cccs1)C1=C(N=2)c2ccccc2CC1. The second-order valence-corrected chi connectivity index (χ2v) is 11.7. The average molecular weight is 600 g/mol. The number of hydrogen-bond donors (Lipinski definition) is 1. The van der Waals surface area contributed by atoms with Crippen LogP contribution >= 0.6 is 54.5 Å². The lowest BCUT2D eigenvalue weighted by Gasteiger charge is -2.30. The zero-order chi connectivity index (χ0) is 22.7. The van der Waals surface area contributed by atoms with Gasteiger partial charge in [-0.1, -0.05) is 57.6 Å². The van der Waals surface area contributed by atoms with Gasteiger partial charge < -0.3 is 5.11 Å². The molecule has 0 amide bonds. The fraction of sp³-hybridized carbons (Fsp3) is 0.120. The van der Waals surface area contributed by atoms with E-state index in [4.69, 9.17) is 4.99 Å². The molecule has 2 aromatic carbocycles. The van der Waals surface area contributed by atoms with Gasteiger partial charge >= 0.3 is 0 Å². The molecule has 2 aromatic heterocycles. The maximum atomic E-state index is 13.7. The fourth-order valence-corrected chi connectivity index (χ4v) is 7.65. The number of hydrogen-bond acceptors (Lipinski definition) is 5. The Labute approximate surface area is 214 Å². The molecule has 0 saturated heterocycles. The van der Waals surface area contributed by atoms with Gasteiger partial charge in [0.1, 0.15) is 5.75 Å². The second kappa shape index (κ2) is 8.20. The van der Waals surface area contributed by atoms with E-state index in [1.165, 1.54) is 22.5 Å². The number of thiophene rings is 1. The number of aromatic hydroxyl groups is 1. The first-order chi connectivity index (χ1) is 16.0. The number of nitrogens with zero attached hydrogens (tertiary/aromatic N) is 2. The van der Waals surface area contributed by atoms with Crippen LogP contribution in [0.5, 0.6) is 5.75 Å². The minimum absolute atomic E-state index is 0.0851. The zero-order valence-corrected chi connectivity index (χ0v) is 21.9. The highest BCUT2D eigenvalue weighted by Crippen LogP contribution is 2.42. The van der Waals surface area contributed by atoms with Gasteiger partial charge in [-0.2, -0.15) is 0 Å². The molecule has 0 fully saturated rings. The molecule has 1 aliphatic heterocycles. The third kappa shape index (κ3) is 3.51. The maximum absolute atomic E-state index is 13.7. The average Bonchev–Trinajstić information content (AvgIpc) is 3.44. The Balaban J connectivity index is 1.63. The number of aromatic nitrogens is 1. The molecule has 0 bridgehead atoms. The molecule has 1 atom stereocenters. The van der Waals surface area contributed by atoms with Crippen molar-refractivity contribution in [1.82, 2.24) is 4.57 Å². The van der Waals surface area contributed by atoms with E-state index in [1.807, 2.05) is 16.7 Å². The van der Waals surface area contributed by atoms with Gasteiger partial charge in [0.05, 0.1) is 20.7 Å². The molecule has 3 heterocycles. The van der Waals surface area contributed by atoms with Crippen LogP contribution < -0.4 is 14.9 Å². The first-order valence-electron chi connectivity index (χ1n) is 10.4. The number of rotatable bonds is 2. The third-order valence-corrected chi connectivity index (χ3v) is 9.00. The van der Waals surface area contributed by atoms with E-state index >= 15 is 0 Å². The van der Waals surface area contributed by atoms with Gasteiger partial charge in [-0.25, -0.2) is 4.99 Å². The van der Waals surface area contributed by atoms with Crippen LogP contribution in [0.4, 0.5) is 0 Å². The van der Waals surface area contributed by atoms with E-state index < -0.39 is 0 Å². The number of fused-ring (bicyclic) bond motifs is 3. The molecular weight excluding hydrogens is 584 g/mol. The molecule has 1 unspecified atom stereocenters. The van der Waals surface area contributed by atoms with Crippen LogP contribution in [-0.2, 0) is 6.42 Å². The predicted molar refractivity (Wildman–Crippen MR) is 141 cm³/mol. The largest absolute Gasteiger partial charge is 0.506 e. The van der Waals surface area contributed by atoms with Gasteiger partial charge in [0.25, 0.3) is 5.56 Å². The van der Waals surface area contributed by atoms with Crippen molar-refractivity contribution in [3.63, 3.8) is 0 Å². The van der Waals surface area contributed by atoms with Crippen LogP contribution in [0.1, 0.15) is 34.0 Å². The maximum Gasteiger partial charge on any atom is 0.271 e. The van der Waals surface area contributed by atoms with Gasteiger partial charge in [0, 0.05) is 20.5 Å². The summed E-state index contributed by atoms with van der Waals surface area (Å²) in [5.41, 5.74) is 5.14. The summed E-state index contributed by atoms with van der Waals surface area (Å²) in [4.78, 5) is 20.5. The lowest BCUT2D eigenvalue weighted by atomic mass is 9.85. The van der Waals surface area contributed by atoms with Crippen LogP contribution in [0.3, 0.4) is 0 Å². The monoisotopic (exact) mass is 598 g/mol. The topological polar surface area (TPSA) is 54.6 Å². The van der Waals surface area contributed by atoms with Crippen LogP contribution in [0, 0.1) is 0 Å². The van der Waals surface area contributed by atoms with Crippen molar-refractivity contribution in [2.45, 2.75) is 18.9 Å².